The summed E-state index contributed by atoms with van der Waals surface area (Å²) >= 11 is 0. The van der Waals surface area contributed by atoms with Crippen LogP contribution in [0.2, 0.25) is 0 Å². The second-order valence-corrected chi connectivity index (χ2v) is 4.20. The summed E-state index contributed by atoms with van der Waals surface area (Å²) < 4.78 is 26.4. The molecule has 0 spiro atoms. The molecular weight excluding hydrogens is 210 g/mol. The predicted molar refractivity (Wildman–Crippen MR) is 61.0 cm³/mol. The molecule has 0 aliphatic carbocycles. The molecule has 0 aliphatic heterocycles. The molecule has 16 heavy (non-hydrogen) atoms. The summed E-state index contributed by atoms with van der Waals surface area (Å²) in [5.41, 5.74) is 6.03. The van der Waals surface area contributed by atoms with Gasteiger partial charge in [-0.2, -0.15) is 0 Å². The molecule has 0 heterocycles. The zero-order valence-electron chi connectivity index (χ0n) is 9.80. The number of rotatable bonds is 4. The summed E-state index contributed by atoms with van der Waals surface area (Å²) in [5, 5.41) is 3.13. The van der Waals surface area contributed by atoms with Crippen molar-refractivity contribution in [3.8, 4) is 0 Å². The summed E-state index contributed by atoms with van der Waals surface area (Å²) in [6, 6.07) is 3.19. The van der Waals surface area contributed by atoms with Gasteiger partial charge >= 0.3 is 0 Å². The van der Waals surface area contributed by atoms with Crippen LogP contribution >= 0.6 is 0 Å². The molecule has 0 fully saturated rings. The third kappa shape index (κ3) is 3.25. The van der Waals surface area contributed by atoms with E-state index in [9.17, 15) is 8.78 Å². The van der Waals surface area contributed by atoms with Crippen LogP contribution in [0.5, 0.6) is 0 Å². The Morgan fingerprint density at radius 2 is 1.81 bits per heavy atom. The number of benzene rings is 1. The van der Waals surface area contributed by atoms with Crippen LogP contribution in [0.3, 0.4) is 0 Å². The van der Waals surface area contributed by atoms with Crippen molar-refractivity contribution in [3.63, 3.8) is 0 Å². The maximum atomic E-state index is 13.4. The van der Waals surface area contributed by atoms with Crippen molar-refractivity contribution in [1.29, 1.82) is 0 Å². The second-order valence-electron chi connectivity index (χ2n) is 4.20. The maximum Gasteiger partial charge on any atom is 0.128 e. The first-order valence-corrected chi connectivity index (χ1v) is 5.38. The van der Waals surface area contributed by atoms with Crippen molar-refractivity contribution >= 4 is 0 Å². The first-order chi connectivity index (χ1) is 7.41. The number of nitrogens with two attached hydrogens (primary N) is 1. The zero-order valence-corrected chi connectivity index (χ0v) is 9.80. The van der Waals surface area contributed by atoms with Crippen molar-refractivity contribution in [2.45, 2.75) is 38.9 Å². The van der Waals surface area contributed by atoms with Crippen LogP contribution in [0.4, 0.5) is 8.78 Å². The standard InChI is InChI=1S/C12H18F2N2/c1-7(15)8(2)16-9(3)11-6-10(13)4-5-12(11)14/h4-9,16H,15H2,1-3H3. The van der Waals surface area contributed by atoms with E-state index < -0.39 is 11.6 Å². The Labute approximate surface area is 94.8 Å². The van der Waals surface area contributed by atoms with Gasteiger partial charge in [-0.1, -0.05) is 0 Å². The van der Waals surface area contributed by atoms with Crippen LogP contribution in [0, 0.1) is 11.6 Å². The minimum absolute atomic E-state index is 0.0395. The molecule has 0 aliphatic rings. The molecule has 1 aromatic rings. The molecule has 0 bridgehead atoms. The Morgan fingerprint density at radius 1 is 1.19 bits per heavy atom. The maximum absolute atomic E-state index is 13.4. The highest BCUT2D eigenvalue weighted by atomic mass is 19.1. The lowest BCUT2D eigenvalue weighted by Gasteiger charge is -2.23. The van der Waals surface area contributed by atoms with Gasteiger partial charge < -0.3 is 11.1 Å². The lowest BCUT2D eigenvalue weighted by Crippen LogP contribution is -2.42. The zero-order chi connectivity index (χ0) is 12.3. The van der Waals surface area contributed by atoms with Crippen LogP contribution in [0.25, 0.3) is 0 Å². The highest BCUT2D eigenvalue weighted by Crippen LogP contribution is 2.18. The molecule has 90 valence electrons. The molecule has 3 unspecified atom stereocenters. The molecule has 1 rings (SSSR count). The summed E-state index contributed by atoms with van der Waals surface area (Å²) in [4.78, 5) is 0. The van der Waals surface area contributed by atoms with Crippen LogP contribution < -0.4 is 11.1 Å². The van der Waals surface area contributed by atoms with Crippen LogP contribution in [-0.4, -0.2) is 12.1 Å². The Kier molecular flexibility index (Phi) is 4.38. The Morgan fingerprint density at radius 3 is 2.38 bits per heavy atom. The van der Waals surface area contributed by atoms with Gasteiger partial charge in [-0.25, -0.2) is 8.78 Å². The van der Waals surface area contributed by atoms with Gasteiger partial charge in [0.15, 0.2) is 0 Å². The van der Waals surface area contributed by atoms with Crippen molar-refractivity contribution in [1.82, 2.24) is 5.32 Å². The van der Waals surface area contributed by atoms with Crippen LogP contribution in [0.1, 0.15) is 32.4 Å². The third-order valence-electron chi connectivity index (χ3n) is 2.73. The number of halogens is 2. The highest BCUT2D eigenvalue weighted by Gasteiger charge is 2.15. The van der Waals surface area contributed by atoms with E-state index in [0.717, 1.165) is 12.1 Å². The van der Waals surface area contributed by atoms with Gasteiger partial charge in [0.1, 0.15) is 11.6 Å². The summed E-state index contributed by atoms with van der Waals surface area (Å²) in [6.07, 6.45) is 0. The molecule has 0 saturated heterocycles. The van der Waals surface area contributed by atoms with Gasteiger partial charge in [-0.15, -0.1) is 0 Å². The average molecular weight is 228 g/mol. The lowest BCUT2D eigenvalue weighted by molar-refractivity contribution is 0.418. The largest absolute Gasteiger partial charge is 0.327 e. The Balaban J connectivity index is 2.80. The highest BCUT2D eigenvalue weighted by molar-refractivity contribution is 5.21. The van der Waals surface area contributed by atoms with E-state index in [2.05, 4.69) is 5.32 Å². The molecule has 2 nitrogen and oxygen atoms in total. The number of hydrogen-bond acceptors (Lipinski definition) is 2. The molecule has 3 N–H and O–H groups in total. The Bertz CT molecular complexity index is 353. The smallest absolute Gasteiger partial charge is 0.128 e. The minimum Gasteiger partial charge on any atom is -0.327 e. The molecule has 1 aromatic carbocycles. The van der Waals surface area contributed by atoms with Crippen molar-refractivity contribution in [2.24, 2.45) is 5.73 Å². The van der Waals surface area contributed by atoms with Gasteiger partial charge in [-0.3, -0.25) is 0 Å². The van der Waals surface area contributed by atoms with Gasteiger partial charge in [0.2, 0.25) is 0 Å². The fraction of sp³-hybridized carbons (Fsp3) is 0.500. The molecule has 0 saturated carbocycles. The topological polar surface area (TPSA) is 38.0 Å². The normalized spacial score (nSPS) is 16.9. The van der Waals surface area contributed by atoms with Crippen molar-refractivity contribution in [2.75, 3.05) is 0 Å². The van der Waals surface area contributed by atoms with Crippen LogP contribution in [0.15, 0.2) is 18.2 Å². The quantitative estimate of drug-likeness (QED) is 0.830. The minimum atomic E-state index is -0.432. The van der Waals surface area contributed by atoms with E-state index in [1.54, 1.807) is 6.92 Å². The summed E-state index contributed by atoms with van der Waals surface area (Å²) in [6.45, 7) is 5.57. The molecule has 0 aromatic heterocycles. The van der Waals surface area contributed by atoms with Gasteiger partial charge in [0, 0.05) is 23.7 Å². The molecule has 3 atom stereocenters. The molecular formula is C12H18F2N2. The van der Waals surface area contributed by atoms with E-state index in [1.807, 2.05) is 13.8 Å². The first kappa shape index (κ1) is 13.1. The van der Waals surface area contributed by atoms with Gasteiger partial charge in [0.05, 0.1) is 0 Å². The van der Waals surface area contributed by atoms with E-state index in [0.29, 0.717) is 5.56 Å². The molecule has 0 amide bonds. The lowest BCUT2D eigenvalue weighted by atomic mass is 10.1. The van der Waals surface area contributed by atoms with E-state index in [4.69, 9.17) is 5.73 Å². The average Bonchev–Trinajstić information content (AvgIpc) is 2.21. The fourth-order valence-electron chi connectivity index (χ4n) is 1.48. The molecule has 4 heteroatoms. The monoisotopic (exact) mass is 228 g/mol. The third-order valence-corrected chi connectivity index (χ3v) is 2.73. The van der Waals surface area contributed by atoms with Gasteiger partial charge in [0.25, 0.3) is 0 Å². The SMILES string of the molecule is CC(NC(C)C(C)N)c1cc(F)ccc1F. The number of hydrogen-bond donors (Lipinski definition) is 2. The Hall–Kier alpha value is -1.00. The van der Waals surface area contributed by atoms with Crippen molar-refractivity contribution < 1.29 is 8.78 Å². The van der Waals surface area contributed by atoms with Gasteiger partial charge in [-0.05, 0) is 39.0 Å². The summed E-state index contributed by atoms with van der Waals surface area (Å²) in [7, 11) is 0. The van der Waals surface area contributed by atoms with Crippen LogP contribution in [-0.2, 0) is 0 Å². The predicted octanol–water partition coefficient (Wildman–Crippen LogP) is 2.35. The van der Waals surface area contributed by atoms with E-state index in [1.165, 1.54) is 6.07 Å². The van der Waals surface area contributed by atoms with E-state index >= 15 is 0 Å². The van der Waals surface area contributed by atoms with Crippen molar-refractivity contribution in [3.05, 3.63) is 35.4 Å². The first-order valence-electron chi connectivity index (χ1n) is 5.38. The van der Waals surface area contributed by atoms with E-state index in [-0.39, 0.29) is 18.1 Å². The number of nitrogens with one attached hydrogen (secondary N) is 1. The summed E-state index contributed by atoms with van der Waals surface area (Å²) in [5.74, 6) is -0.836. The fourth-order valence-corrected chi connectivity index (χ4v) is 1.48. The second kappa shape index (κ2) is 5.37. The molecule has 0 radical (unpaired) electrons.